The number of carbonyl (C=O) groups excluding carboxylic acids is 1. The van der Waals surface area contributed by atoms with E-state index < -0.39 is 12.3 Å². The van der Waals surface area contributed by atoms with Crippen LogP contribution >= 0.6 is 0 Å². The van der Waals surface area contributed by atoms with Crippen molar-refractivity contribution in [3.05, 3.63) is 58.0 Å². The first-order chi connectivity index (χ1) is 11.2. The van der Waals surface area contributed by atoms with Crippen LogP contribution in [0.3, 0.4) is 0 Å². The highest BCUT2D eigenvalue weighted by atomic mass is 19.4. The number of amides is 1. The first-order valence-electron chi connectivity index (χ1n) is 6.81. The summed E-state index contributed by atoms with van der Waals surface area (Å²) in [6, 6.07) is 8.00. The van der Waals surface area contributed by atoms with E-state index >= 15 is 0 Å². The van der Waals surface area contributed by atoms with Crippen molar-refractivity contribution in [1.29, 1.82) is 0 Å². The average Bonchev–Trinajstić information content (AvgIpc) is 2.49. The van der Waals surface area contributed by atoms with Crippen molar-refractivity contribution in [2.75, 3.05) is 7.05 Å². The number of ether oxygens (including phenoxy) is 1. The molecule has 128 valence electrons. The van der Waals surface area contributed by atoms with Gasteiger partial charge in [-0.15, -0.1) is 13.2 Å². The van der Waals surface area contributed by atoms with Crippen molar-refractivity contribution in [3.8, 4) is 5.75 Å². The fourth-order valence-corrected chi connectivity index (χ4v) is 2.00. The zero-order valence-corrected chi connectivity index (χ0v) is 12.9. The second-order valence-corrected chi connectivity index (χ2v) is 5.00. The Hall–Kier alpha value is -2.84. The number of para-hydroxylation sites is 1. The number of carbonyl (C=O) groups is 1. The van der Waals surface area contributed by atoms with Crippen LogP contribution in [0, 0.1) is 0 Å². The molecule has 0 unspecified atom stereocenters. The Bertz CT molecular complexity index is 802. The van der Waals surface area contributed by atoms with E-state index in [0.29, 0.717) is 0 Å². The highest BCUT2D eigenvalue weighted by molar-refractivity contribution is 5.91. The third kappa shape index (κ3) is 4.34. The first-order valence-corrected chi connectivity index (χ1v) is 6.81. The zero-order chi connectivity index (χ0) is 17.9. The molecule has 2 aromatic rings. The first kappa shape index (κ1) is 17.5. The molecule has 0 atom stereocenters. The topological polar surface area (TPSA) is 64.4 Å². The van der Waals surface area contributed by atoms with E-state index in [1.54, 1.807) is 6.07 Å². The molecule has 1 amide bonds. The number of rotatable bonds is 4. The molecule has 0 aliphatic rings. The van der Waals surface area contributed by atoms with Crippen LogP contribution in [0.15, 0.2) is 41.2 Å². The van der Waals surface area contributed by atoms with Crippen LogP contribution in [0.2, 0.25) is 0 Å². The Morgan fingerprint density at radius 3 is 2.54 bits per heavy atom. The molecule has 0 aliphatic heterocycles. The van der Waals surface area contributed by atoms with E-state index in [1.807, 2.05) is 0 Å². The quantitative estimate of drug-likeness (QED) is 0.853. The average molecular weight is 341 g/mol. The molecule has 1 heterocycles. The van der Waals surface area contributed by atoms with Gasteiger partial charge < -0.3 is 9.64 Å². The summed E-state index contributed by atoms with van der Waals surface area (Å²) in [6.07, 6.45) is -4.82. The van der Waals surface area contributed by atoms with Crippen molar-refractivity contribution in [2.24, 2.45) is 7.05 Å². The standard InChI is InChI=1S/C15H14F3N3O3/c1-20(14(23)11-7-8-13(22)21(2)19-11)9-10-5-3-4-6-12(10)24-15(16,17)18/h3-8H,9H2,1-2H3. The van der Waals surface area contributed by atoms with Crippen LogP contribution in [-0.4, -0.2) is 34.0 Å². The normalized spacial score (nSPS) is 11.2. The number of aromatic nitrogens is 2. The Morgan fingerprint density at radius 1 is 1.25 bits per heavy atom. The maximum absolute atomic E-state index is 12.4. The largest absolute Gasteiger partial charge is 0.573 e. The minimum atomic E-state index is -4.82. The number of hydrogen-bond acceptors (Lipinski definition) is 4. The number of alkyl halides is 3. The van der Waals surface area contributed by atoms with Gasteiger partial charge in [0.25, 0.3) is 11.5 Å². The monoisotopic (exact) mass is 341 g/mol. The van der Waals surface area contributed by atoms with Crippen molar-refractivity contribution < 1.29 is 22.7 Å². The summed E-state index contributed by atoms with van der Waals surface area (Å²) in [7, 11) is 2.81. The molecule has 2 rings (SSSR count). The highest BCUT2D eigenvalue weighted by Crippen LogP contribution is 2.27. The molecule has 0 aliphatic carbocycles. The molecule has 0 bridgehead atoms. The van der Waals surface area contributed by atoms with E-state index in [1.165, 1.54) is 49.3 Å². The van der Waals surface area contributed by atoms with Gasteiger partial charge in [-0.25, -0.2) is 4.68 Å². The Labute approximate surface area is 135 Å². The summed E-state index contributed by atoms with van der Waals surface area (Å²) in [4.78, 5) is 24.8. The molecule has 0 N–H and O–H groups in total. The maximum Gasteiger partial charge on any atom is 0.573 e. The lowest BCUT2D eigenvalue weighted by molar-refractivity contribution is -0.275. The van der Waals surface area contributed by atoms with Gasteiger partial charge >= 0.3 is 6.36 Å². The molecule has 1 aromatic heterocycles. The number of nitrogens with zero attached hydrogens (tertiary/aromatic N) is 3. The number of aryl methyl sites for hydroxylation is 1. The minimum absolute atomic E-state index is 0.00817. The van der Waals surface area contributed by atoms with Crippen molar-refractivity contribution in [2.45, 2.75) is 12.9 Å². The summed E-state index contributed by atoms with van der Waals surface area (Å²) < 4.78 is 42.2. The molecule has 9 heteroatoms. The highest BCUT2D eigenvalue weighted by Gasteiger charge is 2.32. The van der Waals surface area contributed by atoms with Crippen molar-refractivity contribution in [3.63, 3.8) is 0 Å². The second-order valence-electron chi connectivity index (χ2n) is 5.00. The molecule has 0 fully saturated rings. The van der Waals surface area contributed by atoms with Crippen LogP contribution in [0.1, 0.15) is 16.1 Å². The van der Waals surface area contributed by atoms with E-state index in [2.05, 4.69) is 9.84 Å². The summed E-state index contributed by atoms with van der Waals surface area (Å²) in [5.41, 5.74) is -0.178. The zero-order valence-electron chi connectivity index (χ0n) is 12.9. The van der Waals surface area contributed by atoms with Crippen LogP contribution in [0.5, 0.6) is 5.75 Å². The van der Waals surface area contributed by atoms with Crippen LogP contribution < -0.4 is 10.3 Å². The van der Waals surface area contributed by atoms with Gasteiger partial charge in [0.05, 0.1) is 0 Å². The molecular weight excluding hydrogens is 327 g/mol. The second kappa shape index (κ2) is 6.73. The molecule has 1 aromatic carbocycles. The van der Waals surface area contributed by atoms with Gasteiger partial charge in [-0.2, -0.15) is 5.10 Å². The summed E-state index contributed by atoms with van der Waals surface area (Å²) in [5.74, 6) is -0.912. The van der Waals surface area contributed by atoms with Gasteiger partial charge in [0.1, 0.15) is 11.4 Å². The molecule has 24 heavy (non-hydrogen) atoms. The van der Waals surface area contributed by atoms with Gasteiger partial charge in [-0.05, 0) is 12.1 Å². The van der Waals surface area contributed by atoms with Gasteiger partial charge in [0.2, 0.25) is 0 Å². The summed E-state index contributed by atoms with van der Waals surface area (Å²) >= 11 is 0. The SMILES string of the molecule is CN(Cc1ccccc1OC(F)(F)F)C(=O)c1ccc(=O)n(C)n1. The third-order valence-corrected chi connectivity index (χ3v) is 3.13. The van der Waals surface area contributed by atoms with Gasteiger partial charge in [0, 0.05) is 32.3 Å². The minimum Gasteiger partial charge on any atom is -0.405 e. The van der Waals surface area contributed by atoms with Crippen LogP contribution in [0.4, 0.5) is 13.2 Å². The van der Waals surface area contributed by atoms with Crippen LogP contribution in [0.25, 0.3) is 0 Å². The van der Waals surface area contributed by atoms with E-state index in [0.717, 1.165) is 4.68 Å². The number of hydrogen-bond donors (Lipinski definition) is 0. The van der Waals surface area contributed by atoms with Gasteiger partial charge in [0.15, 0.2) is 0 Å². The van der Waals surface area contributed by atoms with Gasteiger partial charge in [-0.1, -0.05) is 18.2 Å². The van der Waals surface area contributed by atoms with Crippen molar-refractivity contribution >= 4 is 5.91 Å². The third-order valence-electron chi connectivity index (χ3n) is 3.13. The Balaban J connectivity index is 2.20. The summed E-state index contributed by atoms with van der Waals surface area (Å²) in [5, 5.41) is 3.82. The molecule has 0 radical (unpaired) electrons. The fraction of sp³-hybridized carbons (Fsp3) is 0.267. The molecule has 0 saturated carbocycles. The van der Waals surface area contributed by atoms with Crippen molar-refractivity contribution in [1.82, 2.24) is 14.7 Å². The molecular formula is C15H14F3N3O3. The van der Waals surface area contributed by atoms with E-state index in [4.69, 9.17) is 0 Å². The Morgan fingerprint density at radius 2 is 1.92 bits per heavy atom. The molecule has 0 saturated heterocycles. The lowest BCUT2D eigenvalue weighted by atomic mass is 10.2. The predicted octanol–water partition coefficient (Wildman–Crippen LogP) is 1.95. The summed E-state index contributed by atoms with van der Waals surface area (Å²) in [6.45, 7) is -0.115. The van der Waals surface area contributed by atoms with E-state index in [9.17, 15) is 22.8 Å². The van der Waals surface area contributed by atoms with E-state index in [-0.39, 0.29) is 29.1 Å². The lowest BCUT2D eigenvalue weighted by Crippen LogP contribution is -2.30. The fourth-order valence-electron chi connectivity index (χ4n) is 2.00. The number of benzene rings is 1. The smallest absolute Gasteiger partial charge is 0.405 e. The number of halogens is 3. The lowest BCUT2D eigenvalue weighted by Gasteiger charge is -2.19. The molecule has 6 nitrogen and oxygen atoms in total. The molecule has 0 spiro atoms. The maximum atomic E-state index is 12.4. The van der Waals surface area contributed by atoms with Crippen LogP contribution in [-0.2, 0) is 13.6 Å². The van der Waals surface area contributed by atoms with Gasteiger partial charge in [-0.3, -0.25) is 9.59 Å². The predicted molar refractivity (Wildman–Crippen MR) is 78.4 cm³/mol. The Kier molecular flexibility index (Phi) is 4.91.